The molecule has 7 N–H and O–H groups in total. The van der Waals surface area contributed by atoms with Crippen molar-refractivity contribution in [1.82, 2.24) is 9.97 Å². The first-order chi connectivity index (χ1) is 20.8. The monoisotopic (exact) mass is 686 g/mol. The number of rotatable bonds is 9. The van der Waals surface area contributed by atoms with Crippen molar-refractivity contribution < 1.29 is 52.8 Å². The van der Waals surface area contributed by atoms with Crippen LogP contribution in [0, 0.1) is 12.0 Å². The Balaban J connectivity index is 1.75. The fourth-order valence-corrected chi connectivity index (χ4v) is 5.12. The highest BCUT2D eigenvalue weighted by Crippen LogP contribution is 2.39. The summed E-state index contributed by atoms with van der Waals surface area (Å²) in [4.78, 5) is 3.69. The molecule has 0 saturated heterocycles. The van der Waals surface area contributed by atoms with Crippen molar-refractivity contribution in [2.45, 2.75) is 14.7 Å². The molecular formula is C22H16F2N8O10S3. The number of phenols is 1. The number of nitrogen functional groups attached to an aromatic ring is 1. The third-order valence-electron chi connectivity index (χ3n) is 5.34. The van der Waals surface area contributed by atoms with Crippen LogP contribution in [0.4, 0.5) is 48.7 Å². The van der Waals surface area contributed by atoms with Gasteiger partial charge in [-0.25, -0.2) is 0 Å². The minimum atomic E-state index is -4.97. The molecule has 0 amide bonds. The third-order valence-corrected chi connectivity index (χ3v) is 7.99. The van der Waals surface area contributed by atoms with E-state index >= 15 is 0 Å². The lowest BCUT2D eigenvalue weighted by atomic mass is 10.2. The zero-order chi connectivity index (χ0) is 33.3. The van der Waals surface area contributed by atoms with Gasteiger partial charge in [0.2, 0.25) is 5.95 Å². The lowest BCUT2D eigenvalue weighted by Gasteiger charge is -2.09. The van der Waals surface area contributed by atoms with Gasteiger partial charge in [-0.3, -0.25) is 13.7 Å². The van der Waals surface area contributed by atoms with E-state index in [1.54, 1.807) is 0 Å². The Morgan fingerprint density at radius 3 is 1.80 bits per heavy atom. The molecule has 0 aliphatic carbocycles. The number of hydrogen-bond acceptors (Lipinski definition) is 15. The number of aromatic hydroxyl groups is 1. The number of azo groups is 2. The van der Waals surface area contributed by atoms with E-state index in [2.05, 4.69) is 35.7 Å². The predicted octanol–water partition coefficient (Wildman–Crippen LogP) is 4.36. The molecular weight excluding hydrogens is 670 g/mol. The standard InChI is InChI=1S/C22H16F2N8O10S3/c23-20-9-21(28-22(24)27-20)26-10-1-3-18(44(37,38)39)15(5-10)31-29-13-8-14(17(33)7-12(13)25)30-32-16-6-11(43(34,35)36)2-4-19(16)45(40,41)42/h1-9,33H,25H2,(H,26,27,28)(H,34,35,36)(H,37,38,39)(H,40,41,42)/b31-29+,32-30+. The van der Waals surface area contributed by atoms with Crippen LogP contribution in [0.1, 0.15) is 0 Å². The SMILES string of the molecule is Nc1cc(O)c(/N=N/c2cc(S(=O)(=O)O)ccc2S(=O)(=O)O)cc1/N=N/c1cc(Nc2cc(F)nc(F)n2)ccc1S(=O)(=O)O. The summed E-state index contributed by atoms with van der Waals surface area (Å²) in [6.07, 6.45) is -1.40. The average Bonchev–Trinajstić information content (AvgIpc) is 2.89. The highest BCUT2D eigenvalue weighted by atomic mass is 32.2. The minimum absolute atomic E-state index is 0.0243. The smallest absolute Gasteiger partial charge is 0.313 e. The highest BCUT2D eigenvalue weighted by molar-refractivity contribution is 7.86. The number of halogens is 2. The minimum Gasteiger partial charge on any atom is -0.506 e. The van der Waals surface area contributed by atoms with Gasteiger partial charge in [0.1, 0.15) is 44.1 Å². The van der Waals surface area contributed by atoms with E-state index in [0.717, 1.165) is 36.4 Å². The van der Waals surface area contributed by atoms with Crippen LogP contribution in [-0.2, 0) is 30.4 Å². The average molecular weight is 687 g/mol. The molecule has 236 valence electrons. The second kappa shape index (κ2) is 12.1. The van der Waals surface area contributed by atoms with Gasteiger partial charge in [-0.2, -0.15) is 44.0 Å². The normalized spacial score (nSPS) is 12.6. The van der Waals surface area contributed by atoms with Crippen LogP contribution in [-0.4, -0.2) is 54.0 Å². The van der Waals surface area contributed by atoms with Crippen molar-refractivity contribution in [3.63, 3.8) is 0 Å². The van der Waals surface area contributed by atoms with E-state index in [0.29, 0.717) is 18.2 Å². The zero-order valence-electron chi connectivity index (χ0n) is 21.7. The van der Waals surface area contributed by atoms with Crippen LogP contribution in [0.15, 0.2) is 89.7 Å². The van der Waals surface area contributed by atoms with Crippen LogP contribution in [0.2, 0.25) is 0 Å². The summed E-state index contributed by atoms with van der Waals surface area (Å²) in [7, 11) is -14.7. The summed E-state index contributed by atoms with van der Waals surface area (Å²) >= 11 is 0. The van der Waals surface area contributed by atoms with Gasteiger partial charge in [-0.05, 0) is 42.5 Å². The van der Waals surface area contributed by atoms with Gasteiger partial charge < -0.3 is 16.2 Å². The number of phenolic OH excluding ortho intramolecular Hbond substituents is 1. The number of nitrogens with zero attached hydrogens (tertiary/aromatic N) is 6. The number of anilines is 3. The molecule has 0 atom stereocenters. The molecule has 0 aliphatic heterocycles. The first kappa shape index (κ1) is 32.8. The first-order valence-electron chi connectivity index (χ1n) is 11.4. The number of hydrogen-bond donors (Lipinski definition) is 6. The molecule has 0 bridgehead atoms. The van der Waals surface area contributed by atoms with Crippen LogP contribution in [0.5, 0.6) is 5.75 Å². The number of aromatic nitrogens is 2. The zero-order valence-corrected chi connectivity index (χ0v) is 24.1. The van der Waals surface area contributed by atoms with Gasteiger partial charge in [0.15, 0.2) is 0 Å². The molecule has 0 unspecified atom stereocenters. The largest absolute Gasteiger partial charge is 0.506 e. The molecule has 4 aromatic rings. The van der Waals surface area contributed by atoms with Crippen molar-refractivity contribution in [3.8, 4) is 5.75 Å². The van der Waals surface area contributed by atoms with Crippen molar-refractivity contribution in [3.05, 3.63) is 66.6 Å². The van der Waals surface area contributed by atoms with Gasteiger partial charge in [-0.15, -0.1) is 20.5 Å². The number of nitrogens with two attached hydrogens (primary N) is 1. The van der Waals surface area contributed by atoms with E-state index in [9.17, 15) is 52.8 Å². The lowest BCUT2D eigenvalue weighted by Crippen LogP contribution is -2.02. The van der Waals surface area contributed by atoms with Gasteiger partial charge in [0.25, 0.3) is 30.4 Å². The Kier molecular flexibility index (Phi) is 8.86. The molecule has 0 radical (unpaired) electrons. The second-order valence-electron chi connectivity index (χ2n) is 8.51. The van der Waals surface area contributed by atoms with Crippen molar-refractivity contribution in [2.75, 3.05) is 11.1 Å². The molecule has 0 aliphatic rings. The van der Waals surface area contributed by atoms with Crippen molar-refractivity contribution >= 4 is 70.3 Å². The lowest BCUT2D eigenvalue weighted by molar-refractivity contribution is 0.476. The van der Waals surface area contributed by atoms with Gasteiger partial charge in [-0.1, -0.05) is 0 Å². The molecule has 0 spiro atoms. The fourth-order valence-electron chi connectivity index (χ4n) is 3.41. The van der Waals surface area contributed by atoms with Crippen LogP contribution in [0.3, 0.4) is 0 Å². The van der Waals surface area contributed by atoms with E-state index in [1.165, 1.54) is 0 Å². The maximum Gasteiger partial charge on any atom is 0.313 e. The molecule has 45 heavy (non-hydrogen) atoms. The molecule has 3 aromatic carbocycles. The number of benzene rings is 3. The summed E-state index contributed by atoms with van der Waals surface area (Å²) < 4.78 is 125. The molecule has 4 rings (SSSR count). The topological polar surface area (TPSA) is 297 Å². The van der Waals surface area contributed by atoms with E-state index in [1.807, 2.05) is 0 Å². The maximum atomic E-state index is 13.4. The van der Waals surface area contributed by atoms with Crippen LogP contribution >= 0.6 is 0 Å². The molecule has 0 fully saturated rings. The summed E-state index contributed by atoms with van der Waals surface area (Å²) in [5, 5.41) is 27.4. The number of nitrogens with one attached hydrogen (secondary N) is 1. The Bertz CT molecular complexity index is 2210. The molecule has 23 heteroatoms. The first-order valence-corrected chi connectivity index (χ1v) is 15.8. The Labute approximate surface area is 251 Å². The Hall–Kier alpha value is -5.07. The Morgan fingerprint density at radius 1 is 0.667 bits per heavy atom. The molecule has 0 saturated carbocycles. The maximum absolute atomic E-state index is 13.4. The van der Waals surface area contributed by atoms with E-state index in [-0.39, 0.29) is 22.9 Å². The summed E-state index contributed by atoms with van der Waals surface area (Å²) in [5.74, 6) is -2.24. The molecule has 1 heterocycles. The van der Waals surface area contributed by atoms with Crippen LogP contribution < -0.4 is 11.1 Å². The fraction of sp³-hybridized carbons (Fsp3) is 0. The van der Waals surface area contributed by atoms with Crippen LogP contribution in [0.25, 0.3) is 0 Å². The van der Waals surface area contributed by atoms with E-state index in [4.69, 9.17) is 5.73 Å². The van der Waals surface area contributed by atoms with E-state index < -0.39 is 79.9 Å². The molecule has 18 nitrogen and oxygen atoms in total. The van der Waals surface area contributed by atoms with Gasteiger partial charge in [0, 0.05) is 17.8 Å². The Morgan fingerprint density at radius 2 is 1.22 bits per heavy atom. The second-order valence-corrected chi connectivity index (χ2v) is 12.7. The summed E-state index contributed by atoms with van der Waals surface area (Å²) in [5.41, 5.74) is 3.48. The quantitative estimate of drug-likeness (QED) is 0.0469. The predicted molar refractivity (Wildman–Crippen MR) is 148 cm³/mol. The van der Waals surface area contributed by atoms with Crippen molar-refractivity contribution in [2.24, 2.45) is 20.5 Å². The van der Waals surface area contributed by atoms with Crippen molar-refractivity contribution in [1.29, 1.82) is 0 Å². The highest BCUT2D eigenvalue weighted by Gasteiger charge is 2.21. The van der Waals surface area contributed by atoms with Gasteiger partial charge >= 0.3 is 6.08 Å². The summed E-state index contributed by atoms with van der Waals surface area (Å²) in [6.45, 7) is 0. The third kappa shape index (κ3) is 8.11. The summed E-state index contributed by atoms with van der Waals surface area (Å²) in [6, 6.07) is 7.40. The molecule has 1 aromatic heterocycles. The van der Waals surface area contributed by atoms with Gasteiger partial charge in [0.05, 0.1) is 10.6 Å².